The molecule has 0 amide bonds. The van der Waals surface area contributed by atoms with Crippen LogP contribution >= 0.6 is 0 Å². The molecule has 0 radical (unpaired) electrons. The first kappa shape index (κ1) is 19.5. The highest BCUT2D eigenvalue weighted by atomic mass is 16.6. The van der Waals surface area contributed by atoms with Gasteiger partial charge in [-0.15, -0.1) is 0 Å². The van der Waals surface area contributed by atoms with Crippen molar-refractivity contribution in [2.45, 2.75) is 45.3 Å². The fourth-order valence-electron chi connectivity index (χ4n) is 2.78. The highest BCUT2D eigenvalue weighted by Crippen LogP contribution is 2.34. The van der Waals surface area contributed by atoms with Gasteiger partial charge in [-0.05, 0) is 46.7 Å². The van der Waals surface area contributed by atoms with Crippen molar-refractivity contribution in [3.8, 4) is 5.75 Å². The fraction of sp³-hybridized carbons (Fsp3) is 0.667. The summed E-state index contributed by atoms with van der Waals surface area (Å²) in [6.45, 7) is 8.64. The Morgan fingerprint density at radius 3 is 2.56 bits per heavy atom. The van der Waals surface area contributed by atoms with Gasteiger partial charge >= 0.3 is 0 Å². The molecule has 7 heteroatoms. The first-order valence-electron chi connectivity index (χ1n) is 8.74. The molecule has 0 saturated carbocycles. The largest absolute Gasteiger partial charge is 0.488 e. The summed E-state index contributed by atoms with van der Waals surface area (Å²) in [5.74, 6) is 0.466. The van der Waals surface area contributed by atoms with Crippen molar-refractivity contribution in [3.05, 3.63) is 28.3 Å². The minimum Gasteiger partial charge on any atom is -0.488 e. The van der Waals surface area contributed by atoms with E-state index >= 15 is 0 Å². The molecular weight excluding hydrogens is 322 g/mol. The smallest absolute Gasteiger partial charge is 0.273 e. The quantitative estimate of drug-likeness (QED) is 0.601. The number of β-amino-alcohol motifs (C(OH)–C–C–N with tert-alkyl or cyclic N) is 1. The maximum absolute atomic E-state index is 11.1. The number of rotatable bonds is 7. The van der Waals surface area contributed by atoms with Gasteiger partial charge in [-0.25, -0.2) is 0 Å². The van der Waals surface area contributed by atoms with Gasteiger partial charge < -0.3 is 14.7 Å². The molecule has 1 atom stereocenters. The monoisotopic (exact) mass is 351 g/mol. The van der Waals surface area contributed by atoms with Gasteiger partial charge in [-0.3, -0.25) is 15.0 Å². The van der Waals surface area contributed by atoms with E-state index in [0.29, 0.717) is 12.3 Å². The van der Waals surface area contributed by atoms with Crippen molar-refractivity contribution in [2.24, 2.45) is 0 Å². The third-order valence-corrected chi connectivity index (χ3v) is 4.66. The lowest BCUT2D eigenvalue weighted by Gasteiger charge is -2.33. The van der Waals surface area contributed by atoms with E-state index in [2.05, 4.69) is 30.6 Å². The van der Waals surface area contributed by atoms with E-state index in [1.807, 2.05) is 7.05 Å². The molecule has 1 saturated heterocycles. The van der Waals surface area contributed by atoms with Gasteiger partial charge in [0.1, 0.15) is 18.5 Å². The number of nitro groups is 1. The van der Waals surface area contributed by atoms with E-state index in [0.717, 1.165) is 31.6 Å². The molecule has 2 rings (SSSR count). The molecule has 0 aliphatic carbocycles. The van der Waals surface area contributed by atoms with Crippen molar-refractivity contribution in [2.75, 3.05) is 38.2 Å². The molecule has 1 unspecified atom stereocenters. The number of hydrogen-bond donors (Lipinski definition) is 1. The van der Waals surface area contributed by atoms with Crippen molar-refractivity contribution >= 4 is 11.4 Å². The normalized spacial score (nSPS) is 16.3. The SMILES string of the molecule is CN(CC(O)COc1cc([N+](=O)[O-])ccc1N1CCCC1)C(C)(C)C. The summed E-state index contributed by atoms with van der Waals surface area (Å²) in [5, 5.41) is 21.3. The number of nitrogens with zero attached hydrogens (tertiary/aromatic N) is 3. The summed E-state index contributed by atoms with van der Waals surface area (Å²) < 4.78 is 5.79. The van der Waals surface area contributed by atoms with E-state index in [1.165, 1.54) is 12.1 Å². The van der Waals surface area contributed by atoms with Crippen LogP contribution in [0.25, 0.3) is 0 Å². The van der Waals surface area contributed by atoms with E-state index in [9.17, 15) is 15.2 Å². The molecule has 0 spiro atoms. The Morgan fingerprint density at radius 1 is 1.36 bits per heavy atom. The number of nitro benzene ring substituents is 1. The molecular formula is C18H29N3O4. The topological polar surface area (TPSA) is 79.1 Å². The molecule has 1 aliphatic heterocycles. The van der Waals surface area contributed by atoms with Crippen LogP contribution in [0.1, 0.15) is 33.6 Å². The predicted octanol–water partition coefficient (Wildman–Crippen LogP) is 2.67. The molecule has 7 nitrogen and oxygen atoms in total. The highest BCUT2D eigenvalue weighted by Gasteiger charge is 2.22. The van der Waals surface area contributed by atoms with Crippen LogP contribution in [-0.2, 0) is 0 Å². The fourth-order valence-corrected chi connectivity index (χ4v) is 2.78. The average Bonchev–Trinajstić information content (AvgIpc) is 3.05. The zero-order valence-corrected chi connectivity index (χ0v) is 15.6. The van der Waals surface area contributed by atoms with Crippen LogP contribution in [0.4, 0.5) is 11.4 Å². The van der Waals surface area contributed by atoms with Crippen molar-refractivity contribution in [1.82, 2.24) is 4.90 Å². The molecule has 0 bridgehead atoms. The second kappa shape index (κ2) is 8.01. The van der Waals surface area contributed by atoms with Crippen LogP contribution in [0, 0.1) is 10.1 Å². The van der Waals surface area contributed by atoms with E-state index in [1.54, 1.807) is 6.07 Å². The van der Waals surface area contributed by atoms with Crippen LogP contribution in [0.3, 0.4) is 0 Å². The molecule has 1 aromatic carbocycles. The first-order chi connectivity index (χ1) is 11.7. The highest BCUT2D eigenvalue weighted by molar-refractivity contribution is 5.62. The standard InChI is InChI=1S/C18H29N3O4/c1-18(2,3)19(4)12-15(22)13-25-17-11-14(21(23)24)7-8-16(17)20-9-5-6-10-20/h7-8,11,15,22H,5-6,9-10,12-13H2,1-4H3. The molecule has 25 heavy (non-hydrogen) atoms. The van der Waals surface area contributed by atoms with Crippen LogP contribution in [0.2, 0.25) is 0 Å². The minimum absolute atomic E-state index is 0.000698. The van der Waals surface area contributed by atoms with Gasteiger partial charge in [-0.2, -0.15) is 0 Å². The molecule has 140 valence electrons. The number of aliphatic hydroxyl groups is 1. The maximum atomic E-state index is 11.1. The Hall–Kier alpha value is -1.86. The van der Waals surface area contributed by atoms with Crippen LogP contribution in [0.15, 0.2) is 18.2 Å². The maximum Gasteiger partial charge on any atom is 0.273 e. The lowest BCUT2D eigenvalue weighted by atomic mass is 10.1. The molecule has 1 N–H and O–H groups in total. The van der Waals surface area contributed by atoms with Crippen molar-refractivity contribution < 1.29 is 14.8 Å². The Morgan fingerprint density at radius 2 is 2.00 bits per heavy atom. The minimum atomic E-state index is -0.671. The third-order valence-electron chi connectivity index (χ3n) is 4.66. The third kappa shape index (κ3) is 5.31. The molecule has 1 heterocycles. The van der Waals surface area contributed by atoms with Gasteiger partial charge in [0.2, 0.25) is 0 Å². The zero-order valence-electron chi connectivity index (χ0n) is 15.6. The van der Waals surface area contributed by atoms with Gasteiger partial charge in [-0.1, -0.05) is 0 Å². The number of likely N-dealkylation sites (N-methyl/N-ethyl adjacent to an activating group) is 1. The second-order valence-electron chi connectivity index (χ2n) is 7.62. The molecule has 1 fully saturated rings. The van der Waals surface area contributed by atoms with Crippen molar-refractivity contribution in [1.29, 1.82) is 0 Å². The van der Waals surface area contributed by atoms with Gasteiger partial charge in [0.25, 0.3) is 5.69 Å². The number of anilines is 1. The Kier molecular flexibility index (Phi) is 6.24. The number of non-ortho nitro benzene ring substituents is 1. The number of hydrogen-bond acceptors (Lipinski definition) is 6. The number of aliphatic hydroxyl groups excluding tert-OH is 1. The van der Waals surface area contributed by atoms with Crippen molar-refractivity contribution in [3.63, 3.8) is 0 Å². The van der Waals surface area contributed by atoms with Gasteiger partial charge in [0.05, 0.1) is 16.7 Å². The number of ether oxygens (including phenoxy) is 1. The van der Waals surface area contributed by atoms with Gasteiger partial charge in [0, 0.05) is 31.2 Å². The van der Waals surface area contributed by atoms with Gasteiger partial charge in [0.15, 0.2) is 0 Å². The average molecular weight is 351 g/mol. The molecule has 1 aliphatic rings. The first-order valence-corrected chi connectivity index (χ1v) is 8.74. The predicted molar refractivity (Wildman–Crippen MR) is 98.4 cm³/mol. The number of benzene rings is 1. The molecule has 1 aromatic rings. The Labute approximate surface area is 149 Å². The van der Waals surface area contributed by atoms with Crippen LogP contribution < -0.4 is 9.64 Å². The summed E-state index contributed by atoms with van der Waals surface area (Å²) in [6.07, 6.45) is 1.54. The summed E-state index contributed by atoms with van der Waals surface area (Å²) in [7, 11) is 1.95. The molecule has 0 aromatic heterocycles. The Balaban J connectivity index is 2.08. The summed E-state index contributed by atoms with van der Waals surface area (Å²) in [6, 6.07) is 4.70. The van der Waals surface area contributed by atoms with E-state index in [4.69, 9.17) is 4.74 Å². The van der Waals surface area contributed by atoms with E-state index in [-0.39, 0.29) is 17.8 Å². The lowest BCUT2D eigenvalue weighted by molar-refractivity contribution is -0.384. The second-order valence-corrected chi connectivity index (χ2v) is 7.62. The zero-order chi connectivity index (χ0) is 18.6. The Bertz CT molecular complexity index is 594. The van der Waals surface area contributed by atoms with Crippen LogP contribution in [-0.4, -0.2) is 59.9 Å². The van der Waals surface area contributed by atoms with E-state index < -0.39 is 11.0 Å². The summed E-state index contributed by atoms with van der Waals surface area (Å²) >= 11 is 0. The lowest BCUT2D eigenvalue weighted by Crippen LogP contribution is -2.44. The van der Waals surface area contributed by atoms with Crippen LogP contribution in [0.5, 0.6) is 5.75 Å². The summed E-state index contributed by atoms with van der Waals surface area (Å²) in [4.78, 5) is 14.9. The summed E-state index contributed by atoms with van der Waals surface area (Å²) in [5.41, 5.74) is 0.812.